The quantitative estimate of drug-likeness (QED) is 0.722. The van der Waals surface area contributed by atoms with Crippen molar-refractivity contribution in [3.8, 4) is 5.00 Å². The maximum atomic E-state index is 13.1. The van der Waals surface area contributed by atoms with Crippen LogP contribution in [0, 0.1) is 0 Å². The Bertz CT molecular complexity index is 846. The fourth-order valence-electron chi connectivity index (χ4n) is 2.02. The highest BCUT2D eigenvalue weighted by Gasteiger charge is 2.34. The number of hydrogen-bond donors (Lipinski definition) is 1. The Morgan fingerprint density at radius 1 is 1.20 bits per heavy atom. The SMILES string of the molecule is O=c1[nH]c2cccc(C(F)(F)F)c2n1-c1ccc(Cl)s1. The zero-order chi connectivity index (χ0) is 14.5. The molecule has 104 valence electrons. The number of hydrogen-bond acceptors (Lipinski definition) is 2. The van der Waals surface area contributed by atoms with Gasteiger partial charge in [0.1, 0.15) is 5.00 Å². The van der Waals surface area contributed by atoms with E-state index in [-0.39, 0.29) is 11.0 Å². The van der Waals surface area contributed by atoms with Crippen LogP contribution in [0.4, 0.5) is 13.2 Å². The van der Waals surface area contributed by atoms with Crippen molar-refractivity contribution in [1.29, 1.82) is 0 Å². The number of nitrogens with one attached hydrogen (secondary N) is 1. The second kappa shape index (κ2) is 4.39. The standard InChI is InChI=1S/C12H6ClF3N2OS/c13-8-4-5-9(20-8)18-10-6(12(14,15)16)2-1-3-7(10)17-11(18)19/h1-5H,(H,17,19). The normalized spacial score (nSPS) is 12.2. The summed E-state index contributed by atoms with van der Waals surface area (Å²) in [7, 11) is 0. The van der Waals surface area contributed by atoms with Crippen LogP contribution < -0.4 is 5.69 Å². The fourth-order valence-corrected chi connectivity index (χ4v) is 3.06. The first-order valence-electron chi connectivity index (χ1n) is 5.44. The Balaban J connectivity index is 2.43. The van der Waals surface area contributed by atoms with Gasteiger partial charge in [-0.15, -0.1) is 11.3 Å². The van der Waals surface area contributed by atoms with Gasteiger partial charge in [0.25, 0.3) is 0 Å². The van der Waals surface area contributed by atoms with Crippen molar-refractivity contribution in [3.05, 3.63) is 50.7 Å². The molecule has 0 bridgehead atoms. The van der Waals surface area contributed by atoms with E-state index < -0.39 is 17.4 Å². The van der Waals surface area contributed by atoms with Crippen LogP contribution in [0.1, 0.15) is 5.56 Å². The molecule has 3 aromatic rings. The minimum absolute atomic E-state index is 0.134. The summed E-state index contributed by atoms with van der Waals surface area (Å²) in [6.07, 6.45) is -4.54. The number of aromatic nitrogens is 2. The molecule has 0 fully saturated rings. The maximum Gasteiger partial charge on any atom is 0.418 e. The first kappa shape index (κ1) is 13.3. The summed E-state index contributed by atoms with van der Waals surface area (Å²) in [6.45, 7) is 0. The Labute approximate surface area is 119 Å². The lowest BCUT2D eigenvalue weighted by molar-refractivity contribution is -0.136. The smallest absolute Gasteiger partial charge is 0.305 e. The second-order valence-corrected chi connectivity index (χ2v) is 5.74. The van der Waals surface area contributed by atoms with Crippen LogP contribution in [0.25, 0.3) is 16.0 Å². The summed E-state index contributed by atoms with van der Waals surface area (Å²) in [5.41, 5.74) is -1.55. The van der Waals surface area contributed by atoms with Crippen molar-refractivity contribution in [1.82, 2.24) is 9.55 Å². The van der Waals surface area contributed by atoms with Crippen LogP contribution in [0.15, 0.2) is 35.1 Å². The number of nitrogens with zero attached hydrogens (tertiary/aromatic N) is 1. The van der Waals surface area contributed by atoms with Gasteiger partial charge in [-0.25, -0.2) is 4.79 Å². The molecule has 0 amide bonds. The average Bonchev–Trinajstić information content (AvgIpc) is 2.89. The molecule has 0 atom stereocenters. The number of halogens is 4. The Morgan fingerprint density at radius 2 is 1.95 bits per heavy atom. The first-order valence-corrected chi connectivity index (χ1v) is 6.64. The topological polar surface area (TPSA) is 37.8 Å². The Kier molecular flexibility index (Phi) is 2.91. The van der Waals surface area contributed by atoms with Crippen molar-refractivity contribution in [2.75, 3.05) is 0 Å². The van der Waals surface area contributed by atoms with E-state index in [1.54, 1.807) is 0 Å². The van der Waals surface area contributed by atoms with Gasteiger partial charge in [-0.2, -0.15) is 13.2 Å². The summed E-state index contributed by atoms with van der Waals surface area (Å²) in [5, 5.41) is 0.336. The first-order chi connectivity index (χ1) is 9.38. The van der Waals surface area contributed by atoms with E-state index in [4.69, 9.17) is 11.6 Å². The molecule has 0 aliphatic carbocycles. The van der Waals surface area contributed by atoms with Gasteiger partial charge >= 0.3 is 11.9 Å². The monoisotopic (exact) mass is 318 g/mol. The molecule has 0 saturated carbocycles. The van der Waals surface area contributed by atoms with E-state index in [1.807, 2.05) is 0 Å². The highest BCUT2D eigenvalue weighted by Crippen LogP contribution is 2.35. The molecule has 2 aromatic heterocycles. The van der Waals surface area contributed by atoms with E-state index in [9.17, 15) is 18.0 Å². The number of thiophene rings is 1. The van der Waals surface area contributed by atoms with Crippen molar-refractivity contribution in [3.63, 3.8) is 0 Å². The molecular weight excluding hydrogens is 313 g/mol. The van der Waals surface area contributed by atoms with Crippen LogP contribution in [-0.4, -0.2) is 9.55 Å². The summed E-state index contributed by atoms with van der Waals surface area (Å²) >= 11 is 6.82. The zero-order valence-corrected chi connectivity index (χ0v) is 11.2. The lowest BCUT2D eigenvalue weighted by atomic mass is 10.2. The molecule has 0 saturated heterocycles. The van der Waals surface area contributed by atoms with Crippen LogP contribution in [0.5, 0.6) is 0 Å². The summed E-state index contributed by atoms with van der Waals surface area (Å²) < 4.78 is 40.6. The van der Waals surface area contributed by atoms with E-state index >= 15 is 0 Å². The number of imidazole rings is 1. The molecule has 0 aliphatic rings. The molecule has 20 heavy (non-hydrogen) atoms. The van der Waals surface area contributed by atoms with Gasteiger partial charge in [0.2, 0.25) is 0 Å². The van der Waals surface area contributed by atoms with Gasteiger partial charge in [0.15, 0.2) is 0 Å². The second-order valence-electron chi connectivity index (χ2n) is 4.04. The van der Waals surface area contributed by atoms with E-state index in [2.05, 4.69) is 4.98 Å². The van der Waals surface area contributed by atoms with Crippen molar-refractivity contribution in [2.45, 2.75) is 6.18 Å². The predicted molar refractivity (Wildman–Crippen MR) is 71.8 cm³/mol. The van der Waals surface area contributed by atoms with E-state index in [0.717, 1.165) is 22.0 Å². The van der Waals surface area contributed by atoms with Gasteiger partial charge in [-0.1, -0.05) is 17.7 Å². The van der Waals surface area contributed by atoms with Crippen LogP contribution in [0.3, 0.4) is 0 Å². The number of fused-ring (bicyclic) bond motifs is 1. The Hall–Kier alpha value is -1.73. The highest BCUT2D eigenvalue weighted by atomic mass is 35.5. The van der Waals surface area contributed by atoms with Crippen LogP contribution in [-0.2, 0) is 6.18 Å². The minimum atomic E-state index is -4.54. The van der Waals surface area contributed by atoms with Gasteiger partial charge in [-0.3, -0.25) is 4.57 Å². The molecular formula is C12H6ClF3N2OS. The van der Waals surface area contributed by atoms with Crippen molar-refractivity contribution >= 4 is 34.0 Å². The van der Waals surface area contributed by atoms with Gasteiger partial charge in [0.05, 0.1) is 20.9 Å². The highest BCUT2D eigenvalue weighted by molar-refractivity contribution is 7.18. The molecule has 0 unspecified atom stereocenters. The van der Waals surface area contributed by atoms with Gasteiger partial charge in [-0.05, 0) is 24.3 Å². The molecule has 3 rings (SSSR count). The van der Waals surface area contributed by atoms with E-state index in [0.29, 0.717) is 9.34 Å². The third-order valence-electron chi connectivity index (χ3n) is 2.79. The number of benzene rings is 1. The van der Waals surface area contributed by atoms with E-state index in [1.165, 1.54) is 24.3 Å². The fraction of sp³-hybridized carbons (Fsp3) is 0.0833. The lowest BCUT2D eigenvalue weighted by Crippen LogP contribution is -2.15. The van der Waals surface area contributed by atoms with Gasteiger partial charge in [0, 0.05) is 0 Å². The van der Waals surface area contributed by atoms with Crippen molar-refractivity contribution in [2.24, 2.45) is 0 Å². The molecule has 1 aromatic carbocycles. The predicted octanol–water partition coefficient (Wildman–Crippen LogP) is 4.05. The minimum Gasteiger partial charge on any atom is -0.305 e. The number of rotatable bonds is 1. The number of aromatic amines is 1. The summed E-state index contributed by atoms with van der Waals surface area (Å²) in [4.78, 5) is 14.3. The third kappa shape index (κ3) is 2.03. The molecule has 0 radical (unpaired) electrons. The number of para-hydroxylation sites is 1. The maximum absolute atomic E-state index is 13.1. The summed E-state index contributed by atoms with van der Waals surface area (Å²) in [5.74, 6) is 0. The third-order valence-corrected chi connectivity index (χ3v) is 4.01. The average molecular weight is 319 g/mol. The van der Waals surface area contributed by atoms with Crippen molar-refractivity contribution < 1.29 is 13.2 Å². The molecule has 1 N–H and O–H groups in total. The molecule has 0 aliphatic heterocycles. The molecule has 2 heterocycles. The Morgan fingerprint density at radius 3 is 2.55 bits per heavy atom. The number of alkyl halides is 3. The molecule has 8 heteroatoms. The van der Waals surface area contributed by atoms with Crippen LogP contribution in [0.2, 0.25) is 4.34 Å². The summed E-state index contributed by atoms with van der Waals surface area (Å²) in [6, 6.07) is 6.67. The number of H-pyrrole nitrogens is 1. The largest absolute Gasteiger partial charge is 0.418 e. The van der Waals surface area contributed by atoms with Crippen LogP contribution >= 0.6 is 22.9 Å². The molecule has 0 spiro atoms. The molecule has 3 nitrogen and oxygen atoms in total. The lowest BCUT2D eigenvalue weighted by Gasteiger charge is -2.09. The van der Waals surface area contributed by atoms with Gasteiger partial charge < -0.3 is 4.98 Å². The zero-order valence-electron chi connectivity index (χ0n) is 9.66.